The van der Waals surface area contributed by atoms with Crippen molar-refractivity contribution in [2.24, 2.45) is 0 Å². The van der Waals surface area contributed by atoms with Crippen LogP contribution >= 0.6 is 11.3 Å². The first kappa shape index (κ1) is 15.0. The molecule has 1 aliphatic rings. The van der Waals surface area contributed by atoms with E-state index < -0.39 is 0 Å². The molecule has 2 aromatic heterocycles. The summed E-state index contributed by atoms with van der Waals surface area (Å²) >= 11 is 1.65. The van der Waals surface area contributed by atoms with Gasteiger partial charge in [0.2, 0.25) is 5.91 Å². The molecule has 122 valence electrons. The van der Waals surface area contributed by atoms with Crippen LogP contribution in [0.25, 0.3) is 11.4 Å². The number of aromatic nitrogens is 4. The molecule has 1 N–H and O–H groups in total. The van der Waals surface area contributed by atoms with Gasteiger partial charge in [-0.25, -0.2) is 4.68 Å². The second kappa shape index (κ2) is 6.52. The Morgan fingerprint density at radius 2 is 2.08 bits per heavy atom. The molecule has 6 nitrogen and oxygen atoms in total. The molecule has 1 aromatic carbocycles. The van der Waals surface area contributed by atoms with Gasteiger partial charge >= 0.3 is 0 Å². The largest absolute Gasteiger partial charge is 0.326 e. The average Bonchev–Trinajstić information content (AvgIpc) is 3.11. The van der Waals surface area contributed by atoms with Crippen LogP contribution in [-0.2, 0) is 11.2 Å². The molecule has 24 heavy (non-hydrogen) atoms. The van der Waals surface area contributed by atoms with Gasteiger partial charge in [0.05, 0.1) is 6.04 Å². The average molecular weight is 339 g/mol. The van der Waals surface area contributed by atoms with E-state index in [0.29, 0.717) is 12.5 Å². The van der Waals surface area contributed by atoms with Crippen molar-refractivity contribution in [2.75, 3.05) is 5.32 Å². The quantitative estimate of drug-likeness (QED) is 0.748. The molecule has 3 aromatic rings. The molecule has 0 saturated heterocycles. The smallest absolute Gasteiger partial charge is 0.224 e. The monoisotopic (exact) mass is 339 g/mol. The minimum absolute atomic E-state index is 0.0248. The van der Waals surface area contributed by atoms with Gasteiger partial charge < -0.3 is 5.32 Å². The van der Waals surface area contributed by atoms with Gasteiger partial charge in [-0.15, -0.1) is 5.10 Å². The van der Waals surface area contributed by atoms with Crippen LogP contribution in [0.3, 0.4) is 0 Å². The van der Waals surface area contributed by atoms with Crippen molar-refractivity contribution in [3.8, 4) is 11.4 Å². The zero-order valence-electron chi connectivity index (χ0n) is 13.1. The van der Waals surface area contributed by atoms with Crippen molar-refractivity contribution in [2.45, 2.75) is 31.7 Å². The lowest BCUT2D eigenvalue weighted by Gasteiger charge is -2.06. The van der Waals surface area contributed by atoms with E-state index in [2.05, 4.69) is 32.3 Å². The number of benzene rings is 1. The molecule has 1 amide bonds. The number of carbonyl (C=O) groups is 1. The van der Waals surface area contributed by atoms with Gasteiger partial charge in [-0.1, -0.05) is 0 Å². The first-order valence-electron chi connectivity index (χ1n) is 7.99. The Morgan fingerprint density at radius 1 is 1.25 bits per heavy atom. The molecule has 1 aliphatic carbocycles. The van der Waals surface area contributed by atoms with Gasteiger partial charge in [0.1, 0.15) is 0 Å². The first-order chi connectivity index (χ1) is 11.8. The van der Waals surface area contributed by atoms with Gasteiger partial charge in [0, 0.05) is 17.7 Å². The Bertz CT molecular complexity index is 821. The van der Waals surface area contributed by atoms with Crippen molar-refractivity contribution in [1.29, 1.82) is 0 Å². The van der Waals surface area contributed by atoms with Gasteiger partial charge in [0.25, 0.3) is 0 Å². The second-order valence-electron chi connectivity index (χ2n) is 5.94. The van der Waals surface area contributed by atoms with Crippen molar-refractivity contribution < 1.29 is 4.79 Å². The molecule has 0 atom stereocenters. The van der Waals surface area contributed by atoms with Crippen LogP contribution in [0, 0.1) is 0 Å². The van der Waals surface area contributed by atoms with Crippen LogP contribution in [0.15, 0.2) is 41.1 Å². The van der Waals surface area contributed by atoms with E-state index in [-0.39, 0.29) is 5.91 Å². The summed E-state index contributed by atoms with van der Waals surface area (Å²) in [6, 6.07) is 10.2. The number of rotatable bonds is 6. The van der Waals surface area contributed by atoms with Crippen LogP contribution in [0.4, 0.5) is 5.69 Å². The van der Waals surface area contributed by atoms with Crippen molar-refractivity contribution in [1.82, 2.24) is 20.2 Å². The van der Waals surface area contributed by atoms with E-state index in [1.54, 1.807) is 11.3 Å². The highest BCUT2D eigenvalue weighted by Crippen LogP contribution is 2.36. The molecule has 0 spiro atoms. The Morgan fingerprint density at radius 3 is 2.79 bits per heavy atom. The second-order valence-corrected chi connectivity index (χ2v) is 6.72. The minimum atomic E-state index is 0.0248. The molecule has 7 heteroatoms. The van der Waals surface area contributed by atoms with Gasteiger partial charge in [-0.3, -0.25) is 4.79 Å². The number of hydrogen-bond donors (Lipinski definition) is 1. The number of thiophene rings is 1. The summed E-state index contributed by atoms with van der Waals surface area (Å²) in [7, 11) is 0. The topological polar surface area (TPSA) is 72.7 Å². The van der Waals surface area contributed by atoms with E-state index in [1.807, 2.05) is 34.3 Å². The van der Waals surface area contributed by atoms with Crippen molar-refractivity contribution >= 4 is 22.9 Å². The Kier molecular flexibility index (Phi) is 4.08. The third kappa shape index (κ3) is 3.35. The fourth-order valence-electron chi connectivity index (χ4n) is 2.57. The maximum Gasteiger partial charge on any atom is 0.224 e. The molecule has 1 fully saturated rings. The predicted molar refractivity (Wildman–Crippen MR) is 92.8 cm³/mol. The van der Waals surface area contributed by atoms with Crippen molar-refractivity contribution in [3.05, 3.63) is 46.7 Å². The van der Waals surface area contributed by atoms with E-state index in [9.17, 15) is 4.79 Å². The lowest BCUT2D eigenvalue weighted by atomic mass is 10.1. The number of amides is 1. The lowest BCUT2D eigenvalue weighted by molar-refractivity contribution is -0.116. The zero-order chi connectivity index (χ0) is 16.4. The highest BCUT2D eigenvalue weighted by Gasteiger charge is 2.28. The van der Waals surface area contributed by atoms with E-state index in [4.69, 9.17) is 0 Å². The SMILES string of the molecule is O=C(CCc1ccsc1)Nc1ccc(-c2nnnn2C2CC2)cc1. The molecule has 2 heterocycles. The number of hydrogen-bond acceptors (Lipinski definition) is 5. The third-order valence-electron chi connectivity index (χ3n) is 4.03. The van der Waals surface area contributed by atoms with Crippen LogP contribution in [0.5, 0.6) is 0 Å². The normalized spacial score (nSPS) is 13.8. The van der Waals surface area contributed by atoms with Crippen LogP contribution in [-0.4, -0.2) is 26.1 Å². The van der Waals surface area contributed by atoms with Crippen LogP contribution in [0.1, 0.15) is 30.9 Å². The summed E-state index contributed by atoms with van der Waals surface area (Å²) in [6.45, 7) is 0. The summed E-state index contributed by atoms with van der Waals surface area (Å²) in [5, 5.41) is 19.0. The Labute approximate surface area is 143 Å². The number of anilines is 1. The third-order valence-corrected chi connectivity index (χ3v) is 4.77. The van der Waals surface area contributed by atoms with Gasteiger partial charge in [-0.2, -0.15) is 11.3 Å². The van der Waals surface area contributed by atoms with E-state index >= 15 is 0 Å². The standard InChI is InChI=1S/C17H17N5OS/c23-16(8-1-12-9-10-24-11-12)18-14-4-2-13(3-5-14)17-19-20-21-22(17)15-6-7-15/h2-5,9-11,15H,1,6-8H2,(H,18,23). The van der Waals surface area contributed by atoms with E-state index in [1.165, 1.54) is 5.56 Å². The van der Waals surface area contributed by atoms with Gasteiger partial charge in [-0.05, 0) is 76.3 Å². The van der Waals surface area contributed by atoms with Crippen LogP contribution < -0.4 is 5.32 Å². The Hall–Kier alpha value is -2.54. The summed E-state index contributed by atoms with van der Waals surface area (Å²) in [5.41, 5.74) is 2.96. The molecular formula is C17H17N5OS. The number of aryl methyl sites for hydroxylation is 1. The zero-order valence-corrected chi connectivity index (χ0v) is 13.9. The number of carbonyl (C=O) groups excluding carboxylic acids is 1. The molecule has 0 radical (unpaired) electrons. The molecule has 0 bridgehead atoms. The van der Waals surface area contributed by atoms with Gasteiger partial charge in [0.15, 0.2) is 5.82 Å². The fraction of sp³-hybridized carbons (Fsp3) is 0.294. The lowest BCUT2D eigenvalue weighted by Crippen LogP contribution is -2.12. The molecule has 4 rings (SSSR count). The Balaban J connectivity index is 1.38. The molecular weight excluding hydrogens is 322 g/mol. The minimum Gasteiger partial charge on any atom is -0.326 e. The van der Waals surface area contributed by atoms with E-state index in [0.717, 1.165) is 36.3 Å². The highest BCUT2D eigenvalue weighted by molar-refractivity contribution is 7.07. The summed E-state index contributed by atoms with van der Waals surface area (Å²) in [6.07, 6.45) is 3.52. The molecule has 0 unspecified atom stereocenters. The maximum absolute atomic E-state index is 12.0. The number of nitrogens with one attached hydrogen (secondary N) is 1. The highest BCUT2D eigenvalue weighted by atomic mass is 32.1. The summed E-state index contributed by atoms with van der Waals surface area (Å²) in [5.74, 6) is 0.810. The fourth-order valence-corrected chi connectivity index (χ4v) is 3.27. The summed E-state index contributed by atoms with van der Waals surface area (Å²) < 4.78 is 1.88. The maximum atomic E-state index is 12.0. The predicted octanol–water partition coefficient (Wildman–Crippen LogP) is 3.31. The van der Waals surface area contributed by atoms with Crippen LogP contribution in [0.2, 0.25) is 0 Å². The number of nitrogens with zero attached hydrogens (tertiary/aromatic N) is 4. The number of tetrazole rings is 1. The molecule has 1 saturated carbocycles. The van der Waals surface area contributed by atoms with Crippen molar-refractivity contribution in [3.63, 3.8) is 0 Å². The summed E-state index contributed by atoms with van der Waals surface area (Å²) in [4.78, 5) is 12.0. The molecule has 0 aliphatic heterocycles. The first-order valence-corrected chi connectivity index (χ1v) is 8.93.